The van der Waals surface area contributed by atoms with Crippen molar-refractivity contribution in [1.82, 2.24) is 9.88 Å². The highest BCUT2D eigenvalue weighted by atomic mass is 32.1. The van der Waals surface area contributed by atoms with E-state index in [0.29, 0.717) is 5.92 Å². The number of halogens is 1. The van der Waals surface area contributed by atoms with Crippen molar-refractivity contribution in [2.75, 3.05) is 25.0 Å². The van der Waals surface area contributed by atoms with Crippen molar-refractivity contribution in [3.63, 3.8) is 0 Å². The molecule has 1 saturated heterocycles. The monoisotopic (exact) mass is 485 g/mol. The molecule has 2 heterocycles. The number of nitrogens with zero attached hydrogens (tertiary/aromatic N) is 2. The van der Waals surface area contributed by atoms with Crippen LogP contribution in [0, 0.1) is 25.6 Å². The molecule has 4 aromatic rings. The molecule has 0 atom stereocenters. The third-order valence-corrected chi connectivity index (χ3v) is 7.90. The third-order valence-electron chi connectivity index (χ3n) is 6.83. The molecule has 0 saturated carbocycles. The number of hydrogen-bond donors (Lipinski definition) is 1. The summed E-state index contributed by atoms with van der Waals surface area (Å²) in [5.74, 6) is 0.464. The van der Waals surface area contributed by atoms with E-state index < -0.39 is 0 Å². The Balaban J connectivity index is 1.24. The maximum absolute atomic E-state index is 13.2. The average Bonchev–Trinajstić information content (AvgIpc) is 3.30. The molecule has 1 aliphatic rings. The first kappa shape index (κ1) is 23.7. The smallest absolute Gasteiger partial charge is 0.183 e. The number of likely N-dealkylation sites (tertiary alicyclic amines) is 1. The van der Waals surface area contributed by atoms with Crippen LogP contribution in [0.15, 0.2) is 72.8 Å². The highest BCUT2D eigenvalue weighted by Gasteiger charge is 2.21. The summed E-state index contributed by atoms with van der Waals surface area (Å²) in [5, 5.41) is 4.65. The van der Waals surface area contributed by atoms with Gasteiger partial charge in [-0.3, -0.25) is 4.90 Å². The Labute approximate surface area is 211 Å². The van der Waals surface area contributed by atoms with Crippen LogP contribution in [0.2, 0.25) is 0 Å². The maximum atomic E-state index is 13.2. The number of thiazole rings is 1. The largest absolute Gasteiger partial charge is 0.361 e. The van der Waals surface area contributed by atoms with Gasteiger partial charge in [-0.05, 0) is 69.0 Å². The van der Waals surface area contributed by atoms with Gasteiger partial charge in [0.2, 0.25) is 0 Å². The third kappa shape index (κ3) is 5.98. The Bertz CT molecular complexity index is 1180. The molecule has 0 radical (unpaired) electrons. The molecule has 0 unspecified atom stereocenters. The summed E-state index contributed by atoms with van der Waals surface area (Å²) in [6.07, 6.45) is 2.32. The summed E-state index contributed by atoms with van der Waals surface area (Å²) >= 11 is 1.75. The molecule has 1 aromatic heterocycles. The van der Waals surface area contributed by atoms with Gasteiger partial charge in [-0.15, -0.1) is 0 Å². The van der Waals surface area contributed by atoms with Crippen LogP contribution >= 0.6 is 11.3 Å². The fourth-order valence-corrected chi connectivity index (χ4v) is 5.63. The van der Waals surface area contributed by atoms with E-state index in [1.54, 1.807) is 23.5 Å². The molecule has 0 bridgehead atoms. The van der Waals surface area contributed by atoms with Crippen molar-refractivity contribution in [3.05, 3.63) is 95.3 Å². The maximum Gasteiger partial charge on any atom is 0.183 e. The molecule has 3 nitrogen and oxygen atoms in total. The fraction of sp³-hybridized carbons (Fsp3) is 0.300. The van der Waals surface area contributed by atoms with Gasteiger partial charge in [-0.2, -0.15) is 0 Å². The average molecular weight is 486 g/mol. The van der Waals surface area contributed by atoms with E-state index >= 15 is 0 Å². The molecule has 35 heavy (non-hydrogen) atoms. The van der Waals surface area contributed by atoms with Crippen LogP contribution < -0.4 is 5.32 Å². The van der Waals surface area contributed by atoms with Crippen LogP contribution in [0.3, 0.4) is 0 Å². The van der Waals surface area contributed by atoms with Crippen LogP contribution in [-0.2, 0) is 6.54 Å². The SMILES string of the molecule is Cc1ccc(-c2nc(NCC3CCN(Cc4ccc(F)cc4)CC3)sc2-c2ccc(C)cc2)cc1. The topological polar surface area (TPSA) is 28.2 Å². The van der Waals surface area contributed by atoms with Gasteiger partial charge in [0.1, 0.15) is 5.82 Å². The van der Waals surface area contributed by atoms with E-state index in [9.17, 15) is 4.39 Å². The number of piperidine rings is 1. The number of nitrogens with one attached hydrogen (secondary N) is 1. The van der Waals surface area contributed by atoms with E-state index in [2.05, 4.69) is 72.6 Å². The lowest BCUT2D eigenvalue weighted by atomic mass is 9.96. The molecule has 5 heteroatoms. The van der Waals surface area contributed by atoms with Crippen LogP contribution in [0.25, 0.3) is 21.7 Å². The second kappa shape index (κ2) is 10.7. The lowest BCUT2D eigenvalue weighted by molar-refractivity contribution is 0.182. The van der Waals surface area contributed by atoms with E-state index in [0.717, 1.165) is 55.4 Å². The predicted octanol–water partition coefficient (Wildman–Crippen LogP) is 7.56. The van der Waals surface area contributed by atoms with Crippen molar-refractivity contribution in [1.29, 1.82) is 0 Å². The Hall–Kier alpha value is -3.02. The van der Waals surface area contributed by atoms with Crippen molar-refractivity contribution in [2.45, 2.75) is 33.2 Å². The number of rotatable bonds is 7. The van der Waals surface area contributed by atoms with Gasteiger partial charge >= 0.3 is 0 Å². The standard InChI is InChI=1S/C30H32FN3S/c1-21-3-9-25(10-4-21)28-29(26-11-5-22(2)6-12-26)35-30(33-28)32-19-23-15-17-34(18-16-23)20-24-7-13-27(31)14-8-24/h3-14,23H,15-20H2,1-2H3,(H,32,33). The molecule has 0 spiro atoms. The summed E-state index contributed by atoms with van der Waals surface area (Å²) in [6.45, 7) is 8.22. The first-order valence-corrected chi connectivity index (χ1v) is 13.2. The van der Waals surface area contributed by atoms with Crippen LogP contribution in [-0.4, -0.2) is 29.5 Å². The Kier molecular flexibility index (Phi) is 7.26. The minimum absolute atomic E-state index is 0.170. The lowest BCUT2D eigenvalue weighted by Gasteiger charge is -2.32. The van der Waals surface area contributed by atoms with E-state index in [1.807, 2.05) is 12.1 Å². The van der Waals surface area contributed by atoms with E-state index in [4.69, 9.17) is 4.98 Å². The van der Waals surface area contributed by atoms with Crippen molar-refractivity contribution in [2.24, 2.45) is 5.92 Å². The summed E-state index contributed by atoms with van der Waals surface area (Å²) < 4.78 is 13.2. The molecule has 1 N–H and O–H groups in total. The van der Waals surface area contributed by atoms with Crippen LogP contribution in [0.5, 0.6) is 0 Å². The second-order valence-corrected chi connectivity index (χ2v) is 10.7. The Morgan fingerprint density at radius 3 is 2.09 bits per heavy atom. The Morgan fingerprint density at radius 2 is 1.46 bits per heavy atom. The molecule has 1 aliphatic heterocycles. The van der Waals surface area contributed by atoms with Gasteiger partial charge in [-0.1, -0.05) is 83.1 Å². The van der Waals surface area contributed by atoms with Crippen molar-refractivity contribution < 1.29 is 4.39 Å². The van der Waals surface area contributed by atoms with Gasteiger partial charge in [-0.25, -0.2) is 9.37 Å². The minimum atomic E-state index is -0.170. The number of aromatic nitrogens is 1. The van der Waals surface area contributed by atoms with E-state index in [1.165, 1.54) is 27.1 Å². The highest BCUT2D eigenvalue weighted by Crippen LogP contribution is 2.39. The molecule has 0 aliphatic carbocycles. The van der Waals surface area contributed by atoms with Gasteiger partial charge in [0, 0.05) is 18.7 Å². The number of anilines is 1. The first-order chi connectivity index (χ1) is 17.0. The number of benzene rings is 3. The number of aryl methyl sites for hydroxylation is 2. The first-order valence-electron chi connectivity index (χ1n) is 12.4. The van der Waals surface area contributed by atoms with Crippen LogP contribution in [0.4, 0.5) is 9.52 Å². The van der Waals surface area contributed by atoms with Crippen molar-refractivity contribution >= 4 is 16.5 Å². The van der Waals surface area contributed by atoms with Gasteiger partial charge in [0.15, 0.2) is 5.13 Å². The Morgan fingerprint density at radius 1 is 0.857 bits per heavy atom. The van der Waals surface area contributed by atoms with Gasteiger partial charge in [0.25, 0.3) is 0 Å². The zero-order valence-corrected chi connectivity index (χ0v) is 21.2. The van der Waals surface area contributed by atoms with Crippen molar-refractivity contribution in [3.8, 4) is 21.7 Å². The molecular weight excluding hydrogens is 453 g/mol. The summed E-state index contributed by atoms with van der Waals surface area (Å²) in [4.78, 5) is 8.72. The number of hydrogen-bond acceptors (Lipinski definition) is 4. The van der Waals surface area contributed by atoms with Gasteiger partial charge < -0.3 is 5.32 Å². The molecule has 5 rings (SSSR count). The molecule has 0 amide bonds. The normalized spacial score (nSPS) is 14.8. The van der Waals surface area contributed by atoms with Gasteiger partial charge in [0.05, 0.1) is 10.6 Å². The zero-order chi connectivity index (χ0) is 24.2. The van der Waals surface area contributed by atoms with Crippen LogP contribution in [0.1, 0.15) is 29.5 Å². The molecule has 180 valence electrons. The second-order valence-electron chi connectivity index (χ2n) is 9.66. The summed E-state index contributed by atoms with van der Waals surface area (Å²) in [7, 11) is 0. The molecular formula is C30H32FN3S. The minimum Gasteiger partial charge on any atom is -0.361 e. The lowest BCUT2D eigenvalue weighted by Crippen LogP contribution is -2.35. The fourth-order valence-electron chi connectivity index (χ4n) is 4.63. The summed E-state index contributed by atoms with van der Waals surface area (Å²) in [6, 6.07) is 24.3. The molecule has 1 fully saturated rings. The summed E-state index contributed by atoms with van der Waals surface area (Å²) in [5.41, 5.74) is 7.12. The predicted molar refractivity (Wildman–Crippen MR) is 145 cm³/mol. The quantitative estimate of drug-likeness (QED) is 0.293. The van der Waals surface area contributed by atoms with E-state index in [-0.39, 0.29) is 5.82 Å². The zero-order valence-electron chi connectivity index (χ0n) is 20.4. The highest BCUT2D eigenvalue weighted by molar-refractivity contribution is 7.19. The molecule has 3 aromatic carbocycles.